The monoisotopic (exact) mass is 291 g/mol. The van der Waals surface area contributed by atoms with Crippen molar-refractivity contribution < 1.29 is 9.90 Å². The molecule has 2 rings (SSSR count). The molecule has 1 aliphatic rings. The summed E-state index contributed by atoms with van der Waals surface area (Å²) in [7, 11) is 3.84. The SMILES string of the molecule is CN(C)c1ccc(C(=O)NCC2CCC(O)CC2)cc1N. The molecule has 5 heteroatoms. The Kier molecular flexibility index (Phi) is 5.07. The zero-order valence-corrected chi connectivity index (χ0v) is 12.8. The second-order valence-electron chi connectivity index (χ2n) is 6.05. The molecule has 0 saturated heterocycles. The Morgan fingerprint density at radius 3 is 2.57 bits per heavy atom. The lowest BCUT2D eigenvalue weighted by atomic mass is 9.87. The number of nitrogens with zero attached hydrogens (tertiary/aromatic N) is 1. The number of hydrogen-bond donors (Lipinski definition) is 3. The van der Waals surface area contributed by atoms with Gasteiger partial charge >= 0.3 is 0 Å². The lowest BCUT2D eigenvalue weighted by Gasteiger charge is -2.25. The summed E-state index contributed by atoms with van der Waals surface area (Å²) in [6.45, 7) is 0.668. The summed E-state index contributed by atoms with van der Waals surface area (Å²) >= 11 is 0. The quantitative estimate of drug-likeness (QED) is 0.737. The minimum Gasteiger partial charge on any atom is -0.397 e. The Bertz CT molecular complexity index is 494. The van der Waals surface area contributed by atoms with Gasteiger partial charge in [0.2, 0.25) is 0 Å². The molecule has 0 spiro atoms. The first kappa shape index (κ1) is 15.6. The summed E-state index contributed by atoms with van der Waals surface area (Å²) in [6.07, 6.45) is 3.47. The number of aliphatic hydroxyl groups excluding tert-OH is 1. The number of benzene rings is 1. The van der Waals surface area contributed by atoms with Crippen LogP contribution in [0.25, 0.3) is 0 Å². The molecule has 5 nitrogen and oxygen atoms in total. The largest absolute Gasteiger partial charge is 0.397 e. The predicted molar refractivity (Wildman–Crippen MR) is 85.5 cm³/mol. The second kappa shape index (κ2) is 6.80. The summed E-state index contributed by atoms with van der Waals surface area (Å²) < 4.78 is 0. The van der Waals surface area contributed by atoms with Crippen molar-refractivity contribution in [3.05, 3.63) is 23.8 Å². The molecule has 1 aromatic rings. The highest BCUT2D eigenvalue weighted by atomic mass is 16.3. The molecular weight excluding hydrogens is 266 g/mol. The van der Waals surface area contributed by atoms with Crippen molar-refractivity contribution in [2.75, 3.05) is 31.3 Å². The van der Waals surface area contributed by atoms with E-state index < -0.39 is 0 Å². The van der Waals surface area contributed by atoms with Crippen molar-refractivity contribution in [3.63, 3.8) is 0 Å². The van der Waals surface area contributed by atoms with E-state index in [0.717, 1.165) is 31.4 Å². The number of carbonyl (C=O) groups is 1. The van der Waals surface area contributed by atoms with Crippen LogP contribution in [0.15, 0.2) is 18.2 Å². The molecule has 116 valence electrons. The van der Waals surface area contributed by atoms with Gasteiger partial charge in [-0.2, -0.15) is 0 Å². The standard InChI is InChI=1S/C16H25N3O2/c1-19(2)15-8-5-12(9-14(15)17)16(21)18-10-11-3-6-13(20)7-4-11/h5,8-9,11,13,20H,3-4,6-7,10,17H2,1-2H3,(H,18,21). The molecule has 21 heavy (non-hydrogen) atoms. The lowest BCUT2D eigenvalue weighted by molar-refractivity contribution is 0.0910. The van der Waals surface area contributed by atoms with Gasteiger partial charge in [0.25, 0.3) is 5.91 Å². The van der Waals surface area contributed by atoms with Gasteiger partial charge in [0.05, 0.1) is 17.5 Å². The highest BCUT2D eigenvalue weighted by Gasteiger charge is 2.20. The summed E-state index contributed by atoms with van der Waals surface area (Å²) in [5.41, 5.74) is 8.07. The van der Waals surface area contributed by atoms with Gasteiger partial charge in [-0.1, -0.05) is 0 Å². The zero-order valence-electron chi connectivity index (χ0n) is 12.8. The maximum Gasteiger partial charge on any atom is 0.251 e. The minimum absolute atomic E-state index is 0.0851. The molecule has 1 amide bonds. The maximum absolute atomic E-state index is 12.2. The fourth-order valence-corrected chi connectivity index (χ4v) is 2.79. The number of nitrogens with one attached hydrogen (secondary N) is 1. The molecule has 0 radical (unpaired) electrons. The van der Waals surface area contributed by atoms with Gasteiger partial charge in [-0.25, -0.2) is 0 Å². The first-order chi connectivity index (χ1) is 9.97. The average molecular weight is 291 g/mol. The maximum atomic E-state index is 12.2. The number of nitrogens with two attached hydrogens (primary N) is 1. The number of carbonyl (C=O) groups excluding carboxylic acids is 1. The normalized spacial score (nSPS) is 21.9. The van der Waals surface area contributed by atoms with Crippen LogP contribution in [0.5, 0.6) is 0 Å². The van der Waals surface area contributed by atoms with Crippen molar-refractivity contribution in [1.29, 1.82) is 0 Å². The minimum atomic E-state index is -0.157. The molecule has 0 atom stereocenters. The number of aliphatic hydroxyl groups is 1. The van der Waals surface area contributed by atoms with Crippen LogP contribution >= 0.6 is 0 Å². The van der Waals surface area contributed by atoms with Crippen molar-refractivity contribution in [2.45, 2.75) is 31.8 Å². The first-order valence-corrected chi connectivity index (χ1v) is 7.50. The smallest absolute Gasteiger partial charge is 0.251 e. The molecule has 1 saturated carbocycles. The van der Waals surface area contributed by atoms with Gasteiger partial charge in [0.1, 0.15) is 0 Å². The van der Waals surface area contributed by atoms with Crippen LogP contribution in [0.3, 0.4) is 0 Å². The van der Waals surface area contributed by atoms with Crippen LogP contribution in [0.2, 0.25) is 0 Å². The Hall–Kier alpha value is -1.75. The fourth-order valence-electron chi connectivity index (χ4n) is 2.79. The summed E-state index contributed by atoms with van der Waals surface area (Å²) in [5, 5.41) is 12.4. The molecule has 1 aliphatic carbocycles. The Morgan fingerprint density at radius 2 is 2.00 bits per heavy atom. The van der Waals surface area contributed by atoms with Gasteiger partial charge < -0.3 is 21.1 Å². The molecule has 0 bridgehead atoms. The molecule has 1 fully saturated rings. The van der Waals surface area contributed by atoms with E-state index in [0.29, 0.717) is 23.7 Å². The van der Waals surface area contributed by atoms with E-state index in [2.05, 4.69) is 5.32 Å². The van der Waals surface area contributed by atoms with Crippen LogP contribution in [0.1, 0.15) is 36.0 Å². The molecular formula is C16H25N3O2. The van der Waals surface area contributed by atoms with Gasteiger partial charge in [-0.05, 0) is 49.8 Å². The summed E-state index contributed by atoms with van der Waals surface area (Å²) in [4.78, 5) is 14.1. The topological polar surface area (TPSA) is 78.6 Å². The number of amides is 1. The van der Waals surface area contributed by atoms with Crippen LogP contribution in [0.4, 0.5) is 11.4 Å². The van der Waals surface area contributed by atoms with Gasteiger partial charge in [-0.15, -0.1) is 0 Å². The number of hydrogen-bond acceptors (Lipinski definition) is 4. The van der Waals surface area contributed by atoms with E-state index in [1.807, 2.05) is 25.1 Å². The number of rotatable bonds is 4. The zero-order chi connectivity index (χ0) is 15.4. The molecule has 0 aromatic heterocycles. The van der Waals surface area contributed by atoms with E-state index in [-0.39, 0.29) is 12.0 Å². The van der Waals surface area contributed by atoms with Crippen LogP contribution in [-0.4, -0.2) is 37.8 Å². The van der Waals surface area contributed by atoms with Crippen LogP contribution in [-0.2, 0) is 0 Å². The van der Waals surface area contributed by atoms with E-state index in [1.54, 1.807) is 12.1 Å². The van der Waals surface area contributed by atoms with Crippen molar-refractivity contribution in [2.24, 2.45) is 5.92 Å². The van der Waals surface area contributed by atoms with Crippen molar-refractivity contribution in [1.82, 2.24) is 5.32 Å². The van der Waals surface area contributed by atoms with Crippen molar-refractivity contribution in [3.8, 4) is 0 Å². The van der Waals surface area contributed by atoms with Crippen LogP contribution in [0, 0.1) is 5.92 Å². The molecule has 0 aliphatic heterocycles. The van der Waals surface area contributed by atoms with E-state index in [1.165, 1.54) is 0 Å². The molecule has 0 heterocycles. The Labute approximate surface area is 126 Å². The summed E-state index contributed by atoms with van der Waals surface area (Å²) in [5.74, 6) is 0.383. The highest BCUT2D eigenvalue weighted by molar-refractivity contribution is 5.96. The molecule has 0 unspecified atom stereocenters. The van der Waals surface area contributed by atoms with Gasteiger partial charge in [0.15, 0.2) is 0 Å². The number of nitrogen functional groups attached to an aromatic ring is 1. The molecule has 1 aromatic carbocycles. The lowest BCUT2D eigenvalue weighted by Crippen LogP contribution is -2.32. The first-order valence-electron chi connectivity index (χ1n) is 7.50. The Morgan fingerprint density at radius 1 is 1.33 bits per heavy atom. The van der Waals surface area contributed by atoms with Gasteiger partial charge in [0, 0.05) is 26.2 Å². The van der Waals surface area contributed by atoms with Crippen molar-refractivity contribution >= 4 is 17.3 Å². The third kappa shape index (κ3) is 4.11. The number of anilines is 2. The third-order valence-corrected chi connectivity index (χ3v) is 4.14. The van der Waals surface area contributed by atoms with E-state index in [4.69, 9.17) is 5.73 Å². The average Bonchev–Trinajstić information content (AvgIpc) is 2.45. The third-order valence-electron chi connectivity index (χ3n) is 4.14. The van der Waals surface area contributed by atoms with E-state index >= 15 is 0 Å². The summed E-state index contributed by atoms with van der Waals surface area (Å²) in [6, 6.07) is 5.38. The highest BCUT2D eigenvalue weighted by Crippen LogP contribution is 2.24. The predicted octanol–water partition coefficient (Wildman–Crippen LogP) is 1.62. The fraction of sp³-hybridized carbons (Fsp3) is 0.562. The van der Waals surface area contributed by atoms with Crippen LogP contribution < -0.4 is 16.0 Å². The van der Waals surface area contributed by atoms with Gasteiger partial charge in [-0.3, -0.25) is 4.79 Å². The Balaban J connectivity index is 1.90. The van der Waals surface area contributed by atoms with E-state index in [9.17, 15) is 9.90 Å². The second-order valence-corrected chi connectivity index (χ2v) is 6.05. The molecule has 4 N–H and O–H groups in total.